The summed E-state index contributed by atoms with van der Waals surface area (Å²) in [4.78, 5) is 0. The van der Waals surface area contributed by atoms with Gasteiger partial charge in [-0.05, 0) is 12.8 Å². The van der Waals surface area contributed by atoms with Crippen molar-refractivity contribution in [3.05, 3.63) is 0 Å². The maximum atomic E-state index is 9.13. The number of hydrogen-bond acceptors (Lipinski definition) is 6. The summed E-state index contributed by atoms with van der Waals surface area (Å²) in [7, 11) is 3.35. The number of hydrogen-bond donors (Lipinski definition) is 4. The van der Waals surface area contributed by atoms with Crippen LogP contribution in [0.15, 0.2) is 0 Å². The van der Waals surface area contributed by atoms with E-state index in [0.717, 1.165) is 25.0 Å². The van der Waals surface area contributed by atoms with Gasteiger partial charge in [-0.25, -0.2) is 0 Å². The fraction of sp³-hybridized carbons (Fsp3) is 1.00. The van der Waals surface area contributed by atoms with Crippen molar-refractivity contribution in [2.24, 2.45) is 0 Å². The number of unbranched alkanes of at least 4 members (excludes halogenated alkanes) is 4. The Bertz CT molecular complexity index is 154. The quantitative estimate of drug-likeness (QED) is 0.304. The maximum Gasteiger partial charge on any atom is 0.0869 e. The summed E-state index contributed by atoms with van der Waals surface area (Å²) in [6, 6.07) is 0. The van der Waals surface area contributed by atoms with Gasteiger partial charge in [-0.1, -0.05) is 47.3 Å². The number of aliphatic hydroxyl groups excluding tert-OH is 4. The molecule has 0 fully saturated rings. The molecule has 0 spiro atoms. The molecule has 2 unspecified atom stereocenters. The molecule has 6 heteroatoms. The number of aliphatic hydroxyl groups is 4. The van der Waals surface area contributed by atoms with Crippen LogP contribution in [0, 0.1) is 0 Å². The second-order valence-corrected chi connectivity index (χ2v) is 6.96. The fourth-order valence-corrected chi connectivity index (χ4v) is 3.67. The summed E-state index contributed by atoms with van der Waals surface area (Å²) in [6.07, 6.45) is 5.16. The summed E-state index contributed by atoms with van der Waals surface area (Å²) in [5.41, 5.74) is 0. The van der Waals surface area contributed by atoms with E-state index < -0.39 is 12.2 Å². The van der Waals surface area contributed by atoms with Gasteiger partial charge in [0.1, 0.15) is 0 Å². The Morgan fingerprint density at radius 2 is 1.33 bits per heavy atom. The molecule has 0 aromatic heterocycles. The summed E-state index contributed by atoms with van der Waals surface area (Å²) in [5.74, 6) is 1.66. The van der Waals surface area contributed by atoms with E-state index in [2.05, 4.69) is 0 Å². The van der Waals surface area contributed by atoms with Crippen LogP contribution in [0.1, 0.15) is 38.5 Å². The molecule has 18 heavy (non-hydrogen) atoms. The molecule has 0 amide bonds. The lowest BCUT2D eigenvalue weighted by molar-refractivity contribution is 0.0860. The largest absolute Gasteiger partial charge is 0.394 e. The lowest BCUT2D eigenvalue weighted by Crippen LogP contribution is -2.13. The summed E-state index contributed by atoms with van der Waals surface area (Å²) >= 11 is 0. The van der Waals surface area contributed by atoms with Crippen LogP contribution < -0.4 is 0 Å². The van der Waals surface area contributed by atoms with Crippen LogP contribution in [0.25, 0.3) is 0 Å². The van der Waals surface area contributed by atoms with Crippen molar-refractivity contribution in [2.75, 3.05) is 24.7 Å². The average Bonchev–Trinajstić information content (AvgIpc) is 2.40. The maximum absolute atomic E-state index is 9.13. The zero-order valence-electron chi connectivity index (χ0n) is 10.8. The standard InChI is InChI=1S/C12H26O4S2/c13-8-11(15)6-4-2-1-3-5-7-17-18-10-12(16)9-14/h11-16H,1-10H2. The van der Waals surface area contributed by atoms with E-state index in [1.165, 1.54) is 12.8 Å². The molecule has 110 valence electrons. The van der Waals surface area contributed by atoms with E-state index in [1.54, 1.807) is 21.6 Å². The molecule has 4 N–H and O–H groups in total. The first-order chi connectivity index (χ1) is 8.70. The predicted octanol–water partition coefficient (Wildman–Crippen LogP) is 1.41. The Kier molecular flexibility index (Phi) is 14.4. The molecule has 0 aliphatic heterocycles. The summed E-state index contributed by atoms with van der Waals surface area (Å²) in [5, 5.41) is 35.5. The predicted molar refractivity (Wildman–Crippen MR) is 78.8 cm³/mol. The highest BCUT2D eigenvalue weighted by Gasteiger charge is 2.02. The van der Waals surface area contributed by atoms with Crippen molar-refractivity contribution in [2.45, 2.75) is 50.7 Å². The van der Waals surface area contributed by atoms with Gasteiger partial charge in [0, 0.05) is 11.5 Å². The molecule has 0 radical (unpaired) electrons. The van der Waals surface area contributed by atoms with Gasteiger partial charge < -0.3 is 20.4 Å². The third-order valence-electron chi connectivity index (χ3n) is 2.53. The van der Waals surface area contributed by atoms with E-state index in [4.69, 9.17) is 20.4 Å². The first kappa shape index (κ1) is 18.5. The van der Waals surface area contributed by atoms with Gasteiger partial charge >= 0.3 is 0 Å². The normalized spacial score (nSPS) is 14.7. The minimum absolute atomic E-state index is 0.131. The second-order valence-electron chi connectivity index (χ2n) is 4.34. The van der Waals surface area contributed by atoms with Gasteiger partial charge in [-0.2, -0.15) is 0 Å². The third-order valence-corrected chi connectivity index (χ3v) is 5.08. The molecule has 0 rings (SSSR count). The van der Waals surface area contributed by atoms with E-state index >= 15 is 0 Å². The van der Waals surface area contributed by atoms with Crippen LogP contribution in [-0.2, 0) is 0 Å². The van der Waals surface area contributed by atoms with E-state index in [9.17, 15) is 0 Å². The minimum Gasteiger partial charge on any atom is -0.394 e. The molecular formula is C12H26O4S2. The first-order valence-electron chi connectivity index (χ1n) is 6.53. The lowest BCUT2D eigenvalue weighted by atomic mass is 10.1. The molecule has 0 bridgehead atoms. The molecule has 0 saturated heterocycles. The second kappa shape index (κ2) is 14.0. The molecule has 4 nitrogen and oxygen atoms in total. The smallest absolute Gasteiger partial charge is 0.0869 e. The Morgan fingerprint density at radius 3 is 2.00 bits per heavy atom. The molecule has 2 atom stereocenters. The minimum atomic E-state index is -0.597. The molecule has 0 aromatic rings. The highest BCUT2D eigenvalue weighted by Crippen LogP contribution is 2.23. The van der Waals surface area contributed by atoms with Gasteiger partial charge in [0.25, 0.3) is 0 Å². The molecular weight excluding hydrogens is 272 g/mol. The highest BCUT2D eigenvalue weighted by molar-refractivity contribution is 8.76. The zero-order chi connectivity index (χ0) is 13.6. The number of rotatable bonds is 13. The van der Waals surface area contributed by atoms with Crippen molar-refractivity contribution in [3.8, 4) is 0 Å². The van der Waals surface area contributed by atoms with Gasteiger partial charge in [0.05, 0.1) is 25.4 Å². The molecule has 0 heterocycles. The van der Waals surface area contributed by atoms with Gasteiger partial charge in [-0.3, -0.25) is 0 Å². The first-order valence-corrected chi connectivity index (χ1v) is 9.01. The molecule has 0 saturated carbocycles. The third kappa shape index (κ3) is 13.0. The van der Waals surface area contributed by atoms with Crippen LogP contribution in [0.2, 0.25) is 0 Å². The summed E-state index contributed by atoms with van der Waals surface area (Å²) < 4.78 is 0. The van der Waals surface area contributed by atoms with Gasteiger partial charge in [0.15, 0.2) is 0 Å². The van der Waals surface area contributed by atoms with Crippen LogP contribution in [0.4, 0.5) is 0 Å². The van der Waals surface area contributed by atoms with E-state index in [0.29, 0.717) is 12.2 Å². The molecule has 0 aliphatic carbocycles. The van der Waals surface area contributed by atoms with Crippen molar-refractivity contribution in [3.63, 3.8) is 0 Å². The van der Waals surface area contributed by atoms with Crippen LogP contribution in [-0.4, -0.2) is 57.4 Å². The monoisotopic (exact) mass is 298 g/mol. The SMILES string of the molecule is OCC(O)CCCCCCCSSCC(O)CO. The zero-order valence-corrected chi connectivity index (χ0v) is 12.5. The van der Waals surface area contributed by atoms with Crippen molar-refractivity contribution >= 4 is 21.6 Å². The van der Waals surface area contributed by atoms with Crippen molar-refractivity contribution < 1.29 is 20.4 Å². The van der Waals surface area contributed by atoms with Gasteiger partial charge in [0.2, 0.25) is 0 Å². The molecule has 0 aromatic carbocycles. The topological polar surface area (TPSA) is 80.9 Å². The fourth-order valence-electron chi connectivity index (χ4n) is 1.40. The highest BCUT2D eigenvalue weighted by atomic mass is 33.1. The Morgan fingerprint density at radius 1 is 0.722 bits per heavy atom. The van der Waals surface area contributed by atoms with Crippen molar-refractivity contribution in [1.29, 1.82) is 0 Å². The lowest BCUT2D eigenvalue weighted by Gasteiger charge is -2.07. The Hall–Kier alpha value is 0.540. The average molecular weight is 298 g/mol. The van der Waals surface area contributed by atoms with Crippen LogP contribution in [0.5, 0.6) is 0 Å². The Labute approximate surface area is 118 Å². The summed E-state index contributed by atoms with van der Waals surface area (Å²) in [6.45, 7) is -0.291. The Balaban J connectivity index is 3.03. The van der Waals surface area contributed by atoms with E-state index in [1.807, 2.05) is 0 Å². The van der Waals surface area contributed by atoms with Gasteiger partial charge in [-0.15, -0.1) is 0 Å². The van der Waals surface area contributed by atoms with E-state index in [-0.39, 0.29) is 13.2 Å². The van der Waals surface area contributed by atoms with Crippen molar-refractivity contribution in [1.82, 2.24) is 0 Å². The molecule has 0 aliphatic rings. The van der Waals surface area contributed by atoms with Crippen LogP contribution >= 0.6 is 21.6 Å². The van der Waals surface area contributed by atoms with Crippen LogP contribution in [0.3, 0.4) is 0 Å².